The average molecular weight is 816 g/mol. The zero-order chi connectivity index (χ0) is 41.9. The predicted molar refractivity (Wildman–Crippen MR) is 220 cm³/mol. The van der Waals surface area contributed by atoms with Gasteiger partial charge in [0.2, 0.25) is 24.1 Å². The van der Waals surface area contributed by atoms with Crippen LogP contribution in [0.2, 0.25) is 0 Å². The lowest BCUT2D eigenvalue weighted by Gasteiger charge is -2.30. The number of rotatable bonds is 10. The maximum Gasteiger partial charge on any atom is 0.329 e. The summed E-state index contributed by atoms with van der Waals surface area (Å²) >= 11 is 0. The van der Waals surface area contributed by atoms with Crippen molar-refractivity contribution < 1.29 is 43.3 Å². The maximum atomic E-state index is 14.7. The van der Waals surface area contributed by atoms with E-state index >= 15 is 0 Å². The van der Waals surface area contributed by atoms with Crippen molar-refractivity contribution in [3.05, 3.63) is 143 Å². The summed E-state index contributed by atoms with van der Waals surface area (Å²) < 4.78 is 28.4. The number of nitrogens with one attached hydrogen (secondary N) is 3. The number of ether oxygens (including phenoxy) is 2. The number of carbonyl (C=O) groups excluding carboxylic acids is 3. The predicted octanol–water partition coefficient (Wildman–Crippen LogP) is 4.00. The van der Waals surface area contributed by atoms with Gasteiger partial charge in [-0.3, -0.25) is 19.7 Å². The van der Waals surface area contributed by atoms with Crippen LogP contribution < -0.4 is 16.0 Å². The monoisotopic (exact) mass is 815 g/mol. The van der Waals surface area contributed by atoms with Gasteiger partial charge in [0.25, 0.3) is 0 Å². The van der Waals surface area contributed by atoms with Crippen molar-refractivity contribution >= 4 is 34.6 Å². The largest absolute Gasteiger partial charge is 0.480 e. The molecular formula is C46H46FN5O8. The van der Waals surface area contributed by atoms with Gasteiger partial charge in [-0.05, 0) is 70.0 Å². The number of hydrogen-bond donors (Lipinski definition) is 5. The summed E-state index contributed by atoms with van der Waals surface area (Å²) in [5.41, 5.74) is 6.89. The third-order valence-corrected chi connectivity index (χ3v) is 11.6. The fourth-order valence-electron chi connectivity index (χ4n) is 8.78. The molecular weight excluding hydrogens is 770 g/mol. The molecule has 0 radical (unpaired) electrons. The second kappa shape index (κ2) is 17.6. The van der Waals surface area contributed by atoms with E-state index in [4.69, 9.17) is 9.47 Å². The number of aliphatic carboxylic acids is 1. The highest BCUT2D eigenvalue weighted by atomic mass is 19.1. The van der Waals surface area contributed by atoms with Gasteiger partial charge in [0.05, 0.1) is 18.8 Å². The molecule has 0 saturated carbocycles. The van der Waals surface area contributed by atoms with Crippen LogP contribution in [-0.4, -0.2) is 93.8 Å². The van der Waals surface area contributed by atoms with Crippen molar-refractivity contribution in [1.82, 2.24) is 25.4 Å². The molecule has 0 spiro atoms. The number of benzene rings is 4. The quantitative estimate of drug-likeness (QED) is 0.103. The van der Waals surface area contributed by atoms with Crippen LogP contribution in [0.1, 0.15) is 40.2 Å². The Morgan fingerprint density at radius 2 is 1.73 bits per heavy atom. The Morgan fingerprint density at radius 3 is 2.47 bits per heavy atom. The molecule has 14 heteroatoms. The third-order valence-electron chi connectivity index (χ3n) is 11.6. The highest BCUT2D eigenvalue weighted by Gasteiger charge is 2.45. The summed E-state index contributed by atoms with van der Waals surface area (Å²) in [7, 11) is 0. The first kappa shape index (κ1) is 40.6. The van der Waals surface area contributed by atoms with E-state index in [0.29, 0.717) is 28.6 Å². The highest BCUT2D eigenvalue weighted by molar-refractivity contribution is 5.94. The number of aliphatic hydroxyl groups excluding tert-OH is 1. The summed E-state index contributed by atoms with van der Waals surface area (Å²) in [6.45, 7) is 3.99. The standard InChI is InChI=1S/C46H46FN5O8/c1-2-17-51-24-29(35-22-30(47)14-15-39(35)51)21-38-44(55)52-18-16-40(42(52)45(56)57)59-26-41(53)48-23-28-9-7-8-27(19-28)20-37(43(54)49-38)50-46(58)60-25-36-33-12-5-3-10-31(33)32-11-4-6-13-34(32)36/h2-15,19,22,24,36-38,40,42,46,50,58H,1,16-18,20-21,23,25-26H2,(H,48,53)(H,49,54)(H,56,57)/t37-,38-,40-,42-,46?/m0/s1. The third kappa shape index (κ3) is 8.45. The molecule has 3 aliphatic rings. The first-order valence-corrected chi connectivity index (χ1v) is 20.0. The van der Waals surface area contributed by atoms with Gasteiger partial charge in [-0.25, -0.2) is 9.18 Å². The molecule has 13 nitrogen and oxygen atoms in total. The van der Waals surface area contributed by atoms with Gasteiger partial charge in [-0.15, -0.1) is 6.58 Å². The molecule has 310 valence electrons. The molecule has 4 aromatic carbocycles. The van der Waals surface area contributed by atoms with Gasteiger partial charge in [-0.1, -0.05) is 78.9 Å². The van der Waals surface area contributed by atoms with E-state index in [1.165, 1.54) is 12.1 Å². The van der Waals surface area contributed by atoms with E-state index in [1.54, 1.807) is 30.5 Å². The number of carbonyl (C=O) groups is 4. The number of aliphatic hydroxyl groups is 1. The molecule has 2 aliphatic heterocycles. The molecule has 1 aromatic heterocycles. The van der Waals surface area contributed by atoms with Gasteiger partial charge in [0.1, 0.15) is 18.5 Å². The molecule has 60 heavy (non-hydrogen) atoms. The van der Waals surface area contributed by atoms with Crippen molar-refractivity contribution in [2.75, 3.05) is 19.8 Å². The highest BCUT2D eigenvalue weighted by Crippen LogP contribution is 2.44. The molecule has 1 unspecified atom stereocenters. The van der Waals surface area contributed by atoms with Crippen molar-refractivity contribution in [2.45, 2.75) is 68.9 Å². The Labute approximate surface area is 345 Å². The number of allylic oxidation sites excluding steroid dienone is 1. The number of amides is 3. The summed E-state index contributed by atoms with van der Waals surface area (Å²) in [6, 6.07) is 23.6. The summed E-state index contributed by atoms with van der Waals surface area (Å²) in [5, 5.41) is 30.9. The average Bonchev–Trinajstić information content (AvgIpc) is 3.92. The van der Waals surface area contributed by atoms with Gasteiger partial charge >= 0.3 is 5.97 Å². The summed E-state index contributed by atoms with van der Waals surface area (Å²) in [4.78, 5) is 56.1. The second-order valence-electron chi connectivity index (χ2n) is 15.4. The number of halogens is 1. The van der Waals surface area contributed by atoms with Gasteiger partial charge in [-0.2, -0.15) is 0 Å². The fraction of sp³-hybridized carbons (Fsp3) is 0.304. The van der Waals surface area contributed by atoms with Gasteiger partial charge in [0.15, 0.2) is 6.04 Å². The Morgan fingerprint density at radius 1 is 1.00 bits per heavy atom. The van der Waals surface area contributed by atoms with E-state index in [1.807, 2.05) is 65.2 Å². The molecule has 8 rings (SSSR count). The lowest BCUT2D eigenvalue weighted by molar-refractivity contribution is -0.154. The molecule has 5 aromatic rings. The zero-order valence-electron chi connectivity index (χ0n) is 32.8. The first-order valence-electron chi connectivity index (χ1n) is 20.0. The number of aromatic nitrogens is 1. The number of carboxylic acids is 1. The van der Waals surface area contributed by atoms with Crippen LogP contribution >= 0.6 is 0 Å². The van der Waals surface area contributed by atoms with E-state index in [9.17, 15) is 33.8 Å². The normalized spacial score (nSPS) is 21.5. The van der Waals surface area contributed by atoms with Crippen molar-refractivity contribution in [3.63, 3.8) is 0 Å². The minimum absolute atomic E-state index is 0.0203. The summed E-state index contributed by atoms with van der Waals surface area (Å²) in [6.07, 6.45) is 0.837. The van der Waals surface area contributed by atoms with Crippen LogP contribution in [-0.2, 0) is 54.6 Å². The van der Waals surface area contributed by atoms with Crippen molar-refractivity contribution in [2.24, 2.45) is 0 Å². The fourth-order valence-corrected chi connectivity index (χ4v) is 8.78. The van der Waals surface area contributed by atoms with Crippen molar-refractivity contribution in [1.29, 1.82) is 0 Å². The zero-order valence-corrected chi connectivity index (χ0v) is 32.8. The van der Waals surface area contributed by atoms with Crippen LogP contribution in [0.15, 0.2) is 110 Å². The Hall–Kier alpha value is -6.19. The van der Waals surface area contributed by atoms with Crippen LogP contribution in [0.5, 0.6) is 0 Å². The van der Waals surface area contributed by atoms with Crippen LogP contribution in [0, 0.1) is 5.82 Å². The van der Waals surface area contributed by atoms with E-state index in [2.05, 4.69) is 22.5 Å². The molecule has 1 fully saturated rings. The van der Waals surface area contributed by atoms with Crippen molar-refractivity contribution in [3.8, 4) is 11.1 Å². The summed E-state index contributed by atoms with van der Waals surface area (Å²) in [5.74, 6) is -3.85. The topological polar surface area (TPSA) is 171 Å². The molecule has 1 aliphatic carbocycles. The minimum Gasteiger partial charge on any atom is -0.480 e. The number of hydrogen-bond acceptors (Lipinski definition) is 8. The smallest absolute Gasteiger partial charge is 0.329 e. The van der Waals surface area contributed by atoms with Crippen LogP contribution in [0.3, 0.4) is 0 Å². The van der Waals surface area contributed by atoms with E-state index in [0.717, 1.165) is 32.7 Å². The van der Waals surface area contributed by atoms with Crippen LogP contribution in [0.4, 0.5) is 4.39 Å². The number of nitrogens with zero attached hydrogens (tertiary/aromatic N) is 2. The second-order valence-corrected chi connectivity index (χ2v) is 15.4. The lowest BCUT2D eigenvalue weighted by atomic mass is 9.98. The van der Waals surface area contributed by atoms with E-state index < -0.39 is 66.8 Å². The maximum absolute atomic E-state index is 14.7. The molecule has 3 heterocycles. The Bertz CT molecular complexity index is 2410. The molecule has 4 bridgehead atoms. The Kier molecular flexibility index (Phi) is 11.9. The van der Waals surface area contributed by atoms with Crippen LogP contribution in [0.25, 0.3) is 22.0 Å². The molecule has 1 saturated heterocycles. The SMILES string of the molecule is C=CCn1cc(C[C@@H]2NC(=O)[C@@H](NC(O)OCC3c4ccccc4-c4ccccc43)Cc3cccc(c3)CNC(=O)CO[C@H]3CCN(C2=O)[C@@H]3C(=O)O)c2cc(F)ccc21. The Balaban J connectivity index is 1.12. The minimum atomic E-state index is -1.63. The van der Waals surface area contributed by atoms with Gasteiger partial charge in [0, 0.05) is 49.1 Å². The first-order chi connectivity index (χ1) is 29.1. The van der Waals surface area contributed by atoms with Gasteiger partial charge < -0.3 is 39.8 Å². The lowest BCUT2D eigenvalue weighted by Crippen LogP contribution is -2.58. The molecule has 3 amide bonds. The van der Waals surface area contributed by atoms with E-state index in [-0.39, 0.29) is 44.9 Å². The molecule has 5 atom stereocenters. The number of fused-ring (bicyclic) bond motifs is 8. The molecule has 5 N–H and O–H groups in total. The number of carboxylic acid groups (broad SMARTS) is 1.